The van der Waals surface area contributed by atoms with Crippen LogP contribution in [-0.4, -0.2) is 20.1 Å². The van der Waals surface area contributed by atoms with E-state index in [0.29, 0.717) is 6.42 Å². The summed E-state index contributed by atoms with van der Waals surface area (Å²) in [5, 5.41) is 0. The molecule has 0 aromatic rings. The summed E-state index contributed by atoms with van der Waals surface area (Å²) in [5.74, 6) is -0.195. The van der Waals surface area contributed by atoms with Crippen molar-refractivity contribution in [1.29, 1.82) is 0 Å². The second-order valence-electron chi connectivity index (χ2n) is 3.46. The molecule has 0 bridgehead atoms. The first kappa shape index (κ1) is 7.09. The Kier molecular flexibility index (Phi) is 1.14. The van der Waals surface area contributed by atoms with Gasteiger partial charge < -0.3 is 0 Å². The maximum atomic E-state index is 11.0. The maximum Gasteiger partial charge on any atom is 0.235 e. The molecule has 1 aliphatic carbocycles. The molecule has 1 saturated carbocycles. The van der Waals surface area contributed by atoms with Gasteiger partial charge in [0.1, 0.15) is 0 Å². The number of nitrogens with one attached hydrogen (secondary N) is 1. The molecule has 5 heteroatoms. The summed E-state index contributed by atoms with van der Waals surface area (Å²) in [7, 11) is -3.28. The molecule has 1 saturated heterocycles. The molecule has 4 nitrogen and oxygen atoms in total. The van der Waals surface area contributed by atoms with E-state index in [1.807, 2.05) is 4.72 Å². The lowest BCUT2D eigenvalue weighted by atomic mass is 10.1. The van der Waals surface area contributed by atoms with Crippen LogP contribution >= 0.6 is 0 Å². The lowest BCUT2D eigenvalue weighted by Crippen LogP contribution is -2.42. The normalized spacial score (nSPS) is 31.5. The van der Waals surface area contributed by atoms with E-state index in [0.717, 1.165) is 12.8 Å². The Morgan fingerprint density at radius 2 is 2.00 bits per heavy atom. The second-order valence-corrected chi connectivity index (χ2v) is 5.18. The summed E-state index contributed by atoms with van der Waals surface area (Å²) in [6, 6.07) is 0. The average molecular weight is 175 g/mol. The van der Waals surface area contributed by atoms with Crippen LogP contribution in [0.5, 0.6) is 0 Å². The summed E-state index contributed by atoms with van der Waals surface area (Å²) in [4.78, 5) is 10.8. The minimum atomic E-state index is -3.28. The van der Waals surface area contributed by atoms with Gasteiger partial charge in [-0.25, -0.2) is 8.42 Å². The van der Waals surface area contributed by atoms with E-state index in [1.54, 1.807) is 0 Å². The monoisotopic (exact) mass is 175 g/mol. The van der Waals surface area contributed by atoms with Gasteiger partial charge in [-0.3, -0.25) is 9.52 Å². The summed E-state index contributed by atoms with van der Waals surface area (Å²) < 4.78 is 24.0. The Hall–Kier alpha value is -0.580. The molecule has 2 aliphatic rings. The molecule has 0 radical (unpaired) electrons. The largest absolute Gasteiger partial charge is 0.274 e. The van der Waals surface area contributed by atoms with E-state index >= 15 is 0 Å². The molecule has 2 rings (SSSR count). The highest BCUT2D eigenvalue weighted by Crippen LogP contribution is 2.51. The highest BCUT2D eigenvalue weighted by atomic mass is 32.2. The Labute approximate surface area is 65.0 Å². The van der Waals surface area contributed by atoms with Gasteiger partial charge in [0.15, 0.2) is 0 Å². The molecule has 1 aliphatic heterocycles. The van der Waals surface area contributed by atoms with Gasteiger partial charge in [0.05, 0.1) is 5.75 Å². The number of amides is 1. The maximum absolute atomic E-state index is 11.0. The highest BCUT2D eigenvalue weighted by molar-refractivity contribution is 7.90. The van der Waals surface area contributed by atoms with Crippen molar-refractivity contribution in [1.82, 2.24) is 4.72 Å². The van der Waals surface area contributed by atoms with Crippen molar-refractivity contribution >= 4 is 15.9 Å². The van der Waals surface area contributed by atoms with Gasteiger partial charge in [-0.05, 0) is 18.3 Å². The van der Waals surface area contributed by atoms with Crippen LogP contribution in [0.4, 0.5) is 0 Å². The predicted molar refractivity (Wildman–Crippen MR) is 38.2 cm³/mol. The molecular weight excluding hydrogens is 166 g/mol. The molecule has 0 aromatic heterocycles. The smallest absolute Gasteiger partial charge is 0.235 e. The van der Waals surface area contributed by atoms with Crippen LogP contribution in [0, 0.1) is 5.41 Å². The van der Waals surface area contributed by atoms with E-state index in [2.05, 4.69) is 0 Å². The van der Waals surface area contributed by atoms with Gasteiger partial charge in [0.2, 0.25) is 15.9 Å². The van der Waals surface area contributed by atoms with Gasteiger partial charge in [-0.1, -0.05) is 0 Å². The van der Waals surface area contributed by atoms with Crippen molar-refractivity contribution in [2.75, 3.05) is 5.75 Å². The number of rotatable bonds is 0. The first-order valence-corrected chi connectivity index (χ1v) is 5.20. The third kappa shape index (κ3) is 1.24. The SMILES string of the molecule is O=C1CC2(CC2)CS(=O)(=O)N1. The second kappa shape index (κ2) is 1.77. The van der Waals surface area contributed by atoms with Crippen LogP contribution in [0.15, 0.2) is 0 Å². The van der Waals surface area contributed by atoms with Gasteiger partial charge in [-0.15, -0.1) is 0 Å². The zero-order valence-corrected chi connectivity index (χ0v) is 6.78. The number of carbonyl (C=O) groups excluding carboxylic acids is 1. The van der Waals surface area contributed by atoms with E-state index in [4.69, 9.17) is 0 Å². The van der Waals surface area contributed by atoms with Crippen LogP contribution in [0.25, 0.3) is 0 Å². The van der Waals surface area contributed by atoms with Crippen molar-refractivity contribution in [2.24, 2.45) is 5.41 Å². The molecule has 1 amide bonds. The van der Waals surface area contributed by atoms with Gasteiger partial charge in [0.25, 0.3) is 0 Å². The molecule has 62 valence electrons. The predicted octanol–water partition coefficient (Wildman–Crippen LogP) is -0.384. The number of hydrogen-bond acceptors (Lipinski definition) is 3. The topological polar surface area (TPSA) is 63.2 Å². The van der Waals surface area contributed by atoms with E-state index in [1.165, 1.54) is 0 Å². The summed E-state index contributed by atoms with van der Waals surface area (Å²) in [5.41, 5.74) is -0.166. The standard InChI is InChI=1S/C6H9NO3S/c8-5-3-6(1-2-6)4-11(9,10)7-5/h1-4H2,(H,7,8). The molecular formula is C6H9NO3S. The summed E-state index contributed by atoms with van der Waals surface area (Å²) >= 11 is 0. The molecule has 0 unspecified atom stereocenters. The first-order chi connectivity index (χ1) is 5.02. The van der Waals surface area contributed by atoms with E-state index < -0.39 is 10.0 Å². The van der Waals surface area contributed by atoms with Gasteiger partial charge in [-0.2, -0.15) is 0 Å². The molecule has 1 heterocycles. The van der Waals surface area contributed by atoms with Crippen LogP contribution in [0.2, 0.25) is 0 Å². The number of sulfonamides is 1. The zero-order valence-electron chi connectivity index (χ0n) is 5.96. The van der Waals surface area contributed by atoms with Crippen molar-refractivity contribution in [3.05, 3.63) is 0 Å². The van der Waals surface area contributed by atoms with Crippen molar-refractivity contribution in [2.45, 2.75) is 19.3 Å². The average Bonchev–Trinajstić information content (AvgIpc) is 2.41. The van der Waals surface area contributed by atoms with Crippen molar-refractivity contribution < 1.29 is 13.2 Å². The lowest BCUT2D eigenvalue weighted by Gasteiger charge is -2.20. The first-order valence-electron chi connectivity index (χ1n) is 3.55. The minimum Gasteiger partial charge on any atom is -0.274 e. The summed E-state index contributed by atoms with van der Waals surface area (Å²) in [6.45, 7) is 0. The Morgan fingerprint density at radius 3 is 2.45 bits per heavy atom. The Bertz CT molecular complexity index is 302. The molecule has 2 fully saturated rings. The molecule has 0 atom stereocenters. The van der Waals surface area contributed by atoms with Crippen LogP contribution < -0.4 is 4.72 Å². The fourth-order valence-electron chi connectivity index (χ4n) is 1.54. The number of hydrogen-bond donors (Lipinski definition) is 1. The molecule has 11 heavy (non-hydrogen) atoms. The Morgan fingerprint density at radius 1 is 1.36 bits per heavy atom. The lowest BCUT2D eigenvalue weighted by molar-refractivity contribution is -0.120. The van der Waals surface area contributed by atoms with E-state index in [-0.39, 0.29) is 17.1 Å². The third-order valence-corrected chi connectivity index (χ3v) is 3.79. The van der Waals surface area contributed by atoms with Crippen LogP contribution in [-0.2, 0) is 14.8 Å². The quantitative estimate of drug-likeness (QED) is 0.545. The zero-order chi connectivity index (χ0) is 8.11. The van der Waals surface area contributed by atoms with Crippen molar-refractivity contribution in [3.63, 3.8) is 0 Å². The third-order valence-electron chi connectivity index (χ3n) is 2.26. The fraction of sp³-hybridized carbons (Fsp3) is 0.833. The molecule has 1 N–H and O–H groups in total. The van der Waals surface area contributed by atoms with Gasteiger partial charge in [0, 0.05) is 6.42 Å². The fourth-order valence-corrected chi connectivity index (χ4v) is 3.23. The molecule has 1 spiro atoms. The minimum absolute atomic E-state index is 0.145. The Balaban J connectivity index is 2.28. The van der Waals surface area contributed by atoms with E-state index in [9.17, 15) is 13.2 Å². The molecule has 0 aromatic carbocycles. The summed E-state index contributed by atoms with van der Waals surface area (Å²) in [6.07, 6.45) is 2.17. The van der Waals surface area contributed by atoms with Crippen LogP contribution in [0.3, 0.4) is 0 Å². The van der Waals surface area contributed by atoms with Gasteiger partial charge >= 0.3 is 0 Å². The van der Waals surface area contributed by atoms with Crippen molar-refractivity contribution in [3.8, 4) is 0 Å². The van der Waals surface area contributed by atoms with Crippen LogP contribution in [0.1, 0.15) is 19.3 Å². The highest BCUT2D eigenvalue weighted by Gasteiger charge is 2.51. The number of carbonyl (C=O) groups is 1.